The second-order valence-corrected chi connectivity index (χ2v) is 7.19. The monoisotopic (exact) mass is 324 g/mol. The van der Waals surface area contributed by atoms with Gasteiger partial charge in [-0.2, -0.15) is 5.10 Å². The number of piperidine rings is 1. The van der Waals surface area contributed by atoms with Crippen molar-refractivity contribution >= 4 is 5.91 Å². The zero-order valence-corrected chi connectivity index (χ0v) is 14.3. The van der Waals surface area contributed by atoms with Gasteiger partial charge >= 0.3 is 0 Å². The van der Waals surface area contributed by atoms with Gasteiger partial charge in [-0.3, -0.25) is 9.69 Å². The number of nitrogens with one attached hydrogen (secondary N) is 1. The largest absolute Gasteiger partial charge is 0.352 e. The van der Waals surface area contributed by atoms with Crippen LogP contribution in [0.15, 0.2) is 30.6 Å². The van der Waals surface area contributed by atoms with Crippen molar-refractivity contribution in [2.75, 3.05) is 13.1 Å². The standard InChI is InChI=1S/C19H24N4O/c1-13-8-14(2)16(18(9-13)23-6-3-5-20-23)11-22-7-4-15-10-19(24)21-17(15)12-22/h3,5-6,8-9,15,17H,4,7,10-12H2,1-2H3,(H,21,24)/t15-,17-/m1/s1. The zero-order chi connectivity index (χ0) is 16.7. The SMILES string of the molecule is Cc1cc(C)c(CN2CC[C@@H]3CC(=O)N[C@@H]3C2)c(-n2cccn2)c1. The third-order valence-corrected chi connectivity index (χ3v) is 5.36. The topological polar surface area (TPSA) is 50.2 Å². The summed E-state index contributed by atoms with van der Waals surface area (Å²) in [6.07, 6.45) is 5.63. The number of benzene rings is 1. The maximum absolute atomic E-state index is 11.6. The number of rotatable bonds is 3. The van der Waals surface area contributed by atoms with Gasteiger partial charge in [0.1, 0.15) is 0 Å². The number of carbonyl (C=O) groups is 1. The Hall–Kier alpha value is -2.14. The van der Waals surface area contributed by atoms with E-state index in [0.717, 1.165) is 31.7 Å². The summed E-state index contributed by atoms with van der Waals surface area (Å²) in [6.45, 7) is 7.22. The van der Waals surface area contributed by atoms with Crippen molar-refractivity contribution in [1.29, 1.82) is 0 Å². The van der Waals surface area contributed by atoms with Crippen molar-refractivity contribution in [3.63, 3.8) is 0 Å². The lowest BCUT2D eigenvalue weighted by molar-refractivity contribution is -0.119. The molecule has 1 aromatic carbocycles. The van der Waals surface area contributed by atoms with Crippen LogP contribution in [0.3, 0.4) is 0 Å². The summed E-state index contributed by atoms with van der Waals surface area (Å²) in [7, 11) is 0. The van der Waals surface area contributed by atoms with Gasteiger partial charge in [-0.1, -0.05) is 6.07 Å². The lowest BCUT2D eigenvalue weighted by Gasteiger charge is -2.35. The molecule has 2 saturated heterocycles. The van der Waals surface area contributed by atoms with E-state index in [1.165, 1.54) is 16.7 Å². The fourth-order valence-electron chi connectivity index (χ4n) is 4.14. The minimum absolute atomic E-state index is 0.218. The molecule has 3 heterocycles. The Balaban J connectivity index is 1.59. The highest BCUT2D eigenvalue weighted by Crippen LogP contribution is 2.29. The van der Waals surface area contributed by atoms with Crippen LogP contribution >= 0.6 is 0 Å². The Morgan fingerprint density at radius 3 is 3.00 bits per heavy atom. The molecule has 1 amide bonds. The van der Waals surface area contributed by atoms with Crippen LogP contribution in [0, 0.1) is 19.8 Å². The average Bonchev–Trinajstić information content (AvgIpc) is 3.17. The van der Waals surface area contributed by atoms with E-state index in [9.17, 15) is 4.79 Å². The van der Waals surface area contributed by atoms with Gasteiger partial charge in [-0.05, 0) is 61.6 Å². The van der Waals surface area contributed by atoms with Crippen molar-refractivity contribution in [2.24, 2.45) is 5.92 Å². The number of hydrogen-bond donors (Lipinski definition) is 1. The molecule has 2 aliphatic heterocycles. The number of hydrogen-bond acceptors (Lipinski definition) is 3. The number of likely N-dealkylation sites (tertiary alicyclic amines) is 1. The van der Waals surface area contributed by atoms with E-state index in [1.54, 1.807) is 0 Å². The van der Waals surface area contributed by atoms with Gasteiger partial charge in [0.15, 0.2) is 0 Å². The Kier molecular flexibility index (Phi) is 3.88. The van der Waals surface area contributed by atoms with Crippen molar-refractivity contribution < 1.29 is 4.79 Å². The summed E-state index contributed by atoms with van der Waals surface area (Å²) < 4.78 is 1.96. The van der Waals surface area contributed by atoms with E-state index >= 15 is 0 Å². The number of carbonyl (C=O) groups excluding carboxylic acids is 1. The maximum Gasteiger partial charge on any atom is 0.220 e. The van der Waals surface area contributed by atoms with Crippen LogP contribution in [-0.4, -0.2) is 39.7 Å². The van der Waals surface area contributed by atoms with Gasteiger partial charge < -0.3 is 5.32 Å². The molecule has 5 nitrogen and oxygen atoms in total. The van der Waals surface area contributed by atoms with E-state index in [0.29, 0.717) is 18.4 Å². The van der Waals surface area contributed by atoms with Crippen molar-refractivity contribution in [3.05, 3.63) is 47.3 Å². The fourth-order valence-corrected chi connectivity index (χ4v) is 4.14. The highest BCUT2D eigenvalue weighted by molar-refractivity contribution is 5.79. The van der Waals surface area contributed by atoms with E-state index in [1.807, 2.05) is 23.1 Å². The molecule has 0 spiro atoms. The van der Waals surface area contributed by atoms with E-state index in [4.69, 9.17) is 0 Å². The highest BCUT2D eigenvalue weighted by Gasteiger charge is 2.36. The molecule has 5 heteroatoms. The fraction of sp³-hybridized carbons (Fsp3) is 0.474. The molecule has 2 fully saturated rings. The lowest BCUT2D eigenvalue weighted by Crippen LogP contribution is -2.46. The van der Waals surface area contributed by atoms with Crippen LogP contribution in [-0.2, 0) is 11.3 Å². The first kappa shape index (κ1) is 15.4. The number of fused-ring (bicyclic) bond motifs is 1. The summed E-state index contributed by atoms with van der Waals surface area (Å²) in [6, 6.07) is 6.73. The van der Waals surface area contributed by atoms with Crippen molar-refractivity contribution in [3.8, 4) is 5.69 Å². The van der Waals surface area contributed by atoms with E-state index < -0.39 is 0 Å². The number of aromatic nitrogens is 2. The van der Waals surface area contributed by atoms with Crippen molar-refractivity contribution in [2.45, 2.75) is 39.3 Å². The number of aryl methyl sites for hydroxylation is 2. The summed E-state index contributed by atoms with van der Waals surface area (Å²) in [5, 5.41) is 7.57. The van der Waals surface area contributed by atoms with Gasteiger partial charge in [0.2, 0.25) is 5.91 Å². The highest BCUT2D eigenvalue weighted by atomic mass is 16.2. The van der Waals surface area contributed by atoms with Crippen LogP contribution < -0.4 is 5.32 Å². The summed E-state index contributed by atoms with van der Waals surface area (Å²) in [5.74, 6) is 0.744. The maximum atomic E-state index is 11.6. The predicted molar refractivity (Wildman–Crippen MR) is 93.0 cm³/mol. The van der Waals surface area contributed by atoms with Crippen LogP contribution in [0.25, 0.3) is 5.69 Å². The molecule has 0 radical (unpaired) electrons. The van der Waals surface area contributed by atoms with Gasteiger partial charge in [0.05, 0.1) is 5.69 Å². The first-order valence-electron chi connectivity index (χ1n) is 8.72. The lowest BCUT2D eigenvalue weighted by atomic mass is 9.92. The first-order valence-corrected chi connectivity index (χ1v) is 8.72. The second-order valence-electron chi connectivity index (χ2n) is 7.19. The van der Waals surface area contributed by atoms with Crippen LogP contribution in [0.2, 0.25) is 0 Å². The van der Waals surface area contributed by atoms with Gasteiger partial charge in [0.25, 0.3) is 0 Å². The molecule has 2 aliphatic rings. The Morgan fingerprint density at radius 1 is 1.33 bits per heavy atom. The average molecular weight is 324 g/mol. The summed E-state index contributed by atoms with van der Waals surface area (Å²) in [5.41, 5.74) is 5.05. The van der Waals surface area contributed by atoms with E-state index in [2.05, 4.69) is 41.3 Å². The summed E-state index contributed by atoms with van der Waals surface area (Å²) >= 11 is 0. The second kappa shape index (κ2) is 6.06. The zero-order valence-electron chi connectivity index (χ0n) is 14.3. The minimum Gasteiger partial charge on any atom is -0.352 e. The predicted octanol–water partition coefficient (Wildman–Crippen LogP) is 2.20. The molecule has 4 rings (SSSR count). The Morgan fingerprint density at radius 2 is 2.21 bits per heavy atom. The number of amides is 1. The molecular formula is C19H24N4O. The van der Waals surface area contributed by atoms with Gasteiger partial charge in [0, 0.05) is 37.9 Å². The molecule has 24 heavy (non-hydrogen) atoms. The Bertz CT molecular complexity index is 753. The molecule has 2 aromatic rings. The third kappa shape index (κ3) is 2.84. The molecule has 1 aromatic heterocycles. The molecule has 0 saturated carbocycles. The van der Waals surface area contributed by atoms with Crippen LogP contribution in [0.5, 0.6) is 0 Å². The van der Waals surface area contributed by atoms with Crippen LogP contribution in [0.1, 0.15) is 29.5 Å². The molecule has 126 valence electrons. The smallest absolute Gasteiger partial charge is 0.220 e. The summed E-state index contributed by atoms with van der Waals surface area (Å²) in [4.78, 5) is 14.1. The third-order valence-electron chi connectivity index (χ3n) is 5.36. The minimum atomic E-state index is 0.218. The van der Waals surface area contributed by atoms with E-state index in [-0.39, 0.29) is 5.91 Å². The molecular weight excluding hydrogens is 300 g/mol. The normalized spacial score (nSPS) is 24.0. The molecule has 0 aliphatic carbocycles. The Labute approximate surface area is 142 Å². The molecule has 1 N–H and O–H groups in total. The molecule has 0 unspecified atom stereocenters. The molecule has 0 bridgehead atoms. The van der Waals surface area contributed by atoms with Gasteiger partial charge in [-0.25, -0.2) is 4.68 Å². The van der Waals surface area contributed by atoms with Gasteiger partial charge in [-0.15, -0.1) is 0 Å². The first-order chi connectivity index (χ1) is 11.6. The molecule has 2 atom stereocenters. The quantitative estimate of drug-likeness (QED) is 0.942. The van der Waals surface area contributed by atoms with Crippen molar-refractivity contribution in [1.82, 2.24) is 20.0 Å². The number of nitrogens with zero attached hydrogens (tertiary/aromatic N) is 3. The van der Waals surface area contributed by atoms with Crippen LogP contribution in [0.4, 0.5) is 0 Å².